The molecule has 0 aliphatic carbocycles. The Bertz CT molecular complexity index is 545. The van der Waals surface area contributed by atoms with Crippen molar-refractivity contribution in [3.8, 4) is 0 Å². The zero-order valence-corrected chi connectivity index (χ0v) is 14.3. The summed E-state index contributed by atoms with van der Waals surface area (Å²) in [7, 11) is 4.01. The zero-order chi connectivity index (χ0) is 16.3. The number of hydrogen-bond acceptors (Lipinski definition) is 3. The van der Waals surface area contributed by atoms with Crippen LogP contribution in [0.25, 0.3) is 0 Å². The molecule has 1 aromatic rings. The van der Waals surface area contributed by atoms with E-state index in [4.69, 9.17) is 4.74 Å². The summed E-state index contributed by atoms with van der Waals surface area (Å²) in [6.45, 7) is 8.03. The van der Waals surface area contributed by atoms with Crippen LogP contribution in [0.4, 0.5) is 16.2 Å². The molecule has 0 bridgehead atoms. The number of nitrogens with zero attached hydrogens (tertiary/aromatic N) is 2. The summed E-state index contributed by atoms with van der Waals surface area (Å²) < 4.78 is 5.79. The standard InChI is InChI=1S/C17H27N3O2/c1-6-17(3)12-20(10-11-22-17)16(21)18-14-8-7-9-15(13(14)2)19(4)5/h7-9H,6,10-12H2,1-5H3,(H,18,21)/t17-/m1/s1. The van der Waals surface area contributed by atoms with Gasteiger partial charge in [-0.1, -0.05) is 13.0 Å². The van der Waals surface area contributed by atoms with Crippen LogP contribution >= 0.6 is 0 Å². The minimum atomic E-state index is -0.240. The van der Waals surface area contributed by atoms with Crippen molar-refractivity contribution in [3.63, 3.8) is 0 Å². The van der Waals surface area contributed by atoms with E-state index in [1.807, 2.05) is 49.0 Å². The highest BCUT2D eigenvalue weighted by molar-refractivity contribution is 5.91. The Kier molecular flexibility index (Phi) is 4.96. The second-order valence-electron chi connectivity index (χ2n) is 6.35. The Morgan fingerprint density at radius 1 is 1.45 bits per heavy atom. The second-order valence-corrected chi connectivity index (χ2v) is 6.35. The van der Waals surface area contributed by atoms with Gasteiger partial charge in [-0.25, -0.2) is 4.79 Å². The lowest BCUT2D eigenvalue weighted by Gasteiger charge is -2.40. The van der Waals surface area contributed by atoms with Crippen LogP contribution in [0.5, 0.6) is 0 Å². The minimum absolute atomic E-state index is 0.0537. The van der Waals surface area contributed by atoms with Crippen LogP contribution < -0.4 is 10.2 Å². The quantitative estimate of drug-likeness (QED) is 0.933. The largest absolute Gasteiger partial charge is 0.377 e. The highest BCUT2D eigenvalue weighted by Gasteiger charge is 2.32. The number of carbonyl (C=O) groups is 1. The average Bonchev–Trinajstić information content (AvgIpc) is 2.49. The smallest absolute Gasteiger partial charge is 0.322 e. The third-order valence-corrected chi connectivity index (χ3v) is 4.40. The van der Waals surface area contributed by atoms with E-state index < -0.39 is 0 Å². The number of nitrogens with one attached hydrogen (secondary N) is 1. The number of hydrogen-bond donors (Lipinski definition) is 1. The Morgan fingerprint density at radius 2 is 2.18 bits per heavy atom. The van der Waals surface area contributed by atoms with E-state index in [2.05, 4.69) is 19.2 Å². The third-order valence-electron chi connectivity index (χ3n) is 4.40. The van der Waals surface area contributed by atoms with E-state index >= 15 is 0 Å². The molecular weight excluding hydrogens is 278 g/mol. The van der Waals surface area contributed by atoms with E-state index in [1.165, 1.54) is 0 Å². The number of ether oxygens (including phenoxy) is 1. The summed E-state index contributed by atoms with van der Waals surface area (Å²) in [6, 6.07) is 5.91. The number of anilines is 2. The molecule has 1 fully saturated rings. The Balaban J connectivity index is 2.11. The van der Waals surface area contributed by atoms with Crippen LogP contribution in [0.2, 0.25) is 0 Å². The van der Waals surface area contributed by atoms with Crippen LogP contribution in [0.3, 0.4) is 0 Å². The van der Waals surface area contributed by atoms with Gasteiger partial charge < -0.3 is 19.9 Å². The highest BCUT2D eigenvalue weighted by atomic mass is 16.5. The van der Waals surface area contributed by atoms with Gasteiger partial charge in [0.15, 0.2) is 0 Å². The number of carbonyl (C=O) groups excluding carboxylic acids is 1. The molecule has 0 radical (unpaired) electrons. The summed E-state index contributed by atoms with van der Waals surface area (Å²) in [5, 5.41) is 3.04. The fraction of sp³-hybridized carbons (Fsp3) is 0.588. The normalized spacial score (nSPS) is 21.6. The molecule has 0 unspecified atom stereocenters. The van der Waals surface area contributed by atoms with Gasteiger partial charge >= 0.3 is 6.03 Å². The molecule has 1 aromatic carbocycles. The first-order chi connectivity index (χ1) is 10.4. The number of morpholine rings is 1. The number of rotatable bonds is 3. The lowest BCUT2D eigenvalue weighted by Crippen LogP contribution is -2.53. The summed E-state index contributed by atoms with van der Waals surface area (Å²) in [6.07, 6.45) is 0.895. The van der Waals surface area contributed by atoms with Crippen LogP contribution in [-0.4, -0.2) is 50.3 Å². The minimum Gasteiger partial charge on any atom is -0.377 e. The van der Waals surface area contributed by atoms with Crippen molar-refractivity contribution >= 4 is 17.4 Å². The predicted octanol–water partition coefficient (Wildman–Crippen LogP) is 3.09. The molecule has 5 nitrogen and oxygen atoms in total. The van der Waals surface area contributed by atoms with E-state index in [0.717, 1.165) is 23.4 Å². The average molecular weight is 305 g/mol. The molecule has 1 aliphatic heterocycles. The van der Waals surface area contributed by atoms with Crippen molar-refractivity contribution in [2.75, 3.05) is 44.0 Å². The Hall–Kier alpha value is -1.75. The lowest BCUT2D eigenvalue weighted by atomic mass is 10.0. The zero-order valence-electron chi connectivity index (χ0n) is 14.3. The molecule has 0 saturated carbocycles. The number of amides is 2. The molecule has 22 heavy (non-hydrogen) atoms. The topological polar surface area (TPSA) is 44.8 Å². The van der Waals surface area contributed by atoms with Crippen molar-refractivity contribution in [2.45, 2.75) is 32.8 Å². The van der Waals surface area contributed by atoms with Gasteiger partial charge in [0.25, 0.3) is 0 Å². The van der Waals surface area contributed by atoms with Gasteiger partial charge in [-0.05, 0) is 38.0 Å². The number of benzene rings is 1. The highest BCUT2D eigenvalue weighted by Crippen LogP contribution is 2.26. The van der Waals surface area contributed by atoms with E-state index in [-0.39, 0.29) is 11.6 Å². The molecule has 1 saturated heterocycles. The molecule has 1 atom stereocenters. The maximum atomic E-state index is 12.6. The predicted molar refractivity (Wildman–Crippen MR) is 90.7 cm³/mol. The fourth-order valence-electron chi connectivity index (χ4n) is 2.76. The maximum absolute atomic E-state index is 12.6. The van der Waals surface area contributed by atoms with Gasteiger partial charge in [0, 0.05) is 32.0 Å². The molecule has 1 aliphatic rings. The number of urea groups is 1. The summed E-state index contributed by atoms with van der Waals surface area (Å²) in [4.78, 5) is 16.4. The fourth-order valence-corrected chi connectivity index (χ4v) is 2.76. The first kappa shape index (κ1) is 16.6. The van der Waals surface area contributed by atoms with Crippen molar-refractivity contribution in [2.24, 2.45) is 0 Å². The molecule has 0 spiro atoms. The monoisotopic (exact) mass is 305 g/mol. The molecule has 2 rings (SSSR count). The molecule has 5 heteroatoms. The summed E-state index contributed by atoms with van der Waals surface area (Å²) >= 11 is 0. The summed E-state index contributed by atoms with van der Waals surface area (Å²) in [5.41, 5.74) is 2.81. The second kappa shape index (κ2) is 6.57. The van der Waals surface area contributed by atoms with Gasteiger partial charge in [0.1, 0.15) is 0 Å². The van der Waals surface area contributed by atoms with Crippen LogP contribution in [0.15, 0.2) is 18.2 Å². The Labute approximate surface area is 133 Å². The molecule has 122 valence electrons. The van der Waals surface area contributed by atoms with E-state index in [9.17, 15) is 4.79 Å². The Morgan fingerprint density at radius 3 is 2.82 bits per heavy atom. The first-order valence-electron chi connectivity index (χ1n) is 7.83. The van der Waals surface area contributed by atoms with Crippen LogP contribution in [0.1, 0.15) is 25.8 Å². The summed E-state index contributed by atoms with van der Waals surface area (Å²) in [5.74, 6) is 0. The van der Waals surface area contributed by atoms with Crippen LogP contribution in [-0.2, 0) is 4.74 Å². The maximum Gasteiger partial charge on any atom is 0.322 e. The van der Waals surface area contributed by atoms with Gasteiger partial charge in [-0.15, -0.1) is 0 Å². The van der Waals surface area contributed by atoms with Crippen molar-refractivity contribution in [3.05, 3.63) is 23.8 Å². The van der Waals surface area contributed by atoms with Gasteiger partial charge in [0.05, 0.1) is 18.8 Å². The SMILES string of the molecule is CC[C@]1(C)CN(C(=O)Nc2cccc(N(C)C)c2C)CCO1. The molecule has 0 aromatic heterocycles. The van der Waals surface area contributed by atoms with E-state index in [0.29, 0.717) is 19.7 Å². The third kappa shape index (κ3) is 3.53. The van der Waals surface area contributed by atoms with Crippen molar-refractivity contribution in [1.82, 2.24) is 4.90 Å². The molecular formula is C17H27N3O2. The first-order valence-corrected chi connectivity index (χ1v) is 7.83. The van der Waals surface area contributed by atoms with Gasteiger partial charge in [0.2, 0.25) is 0 Å². The molecule has 1 heterocycles. The molecule has 1 N–H and O–H groups in total. The van der Waals surface area contributed by atoms with Crippen molar-refractivity contribution in [1.29, 1.82) is 0 Å². The van der Waals surface area contributed by atoms with Gasteiger partial charge in [-0.2, -0.15) is 0 Å². The lowest BCUT2D eigenvalue weighted by molar-refractivity contribution is -0.0860. The van der Waals surface area contributed by atoms with Crippen molar-refractivity contribution < 1.29 is 9.53 Å². The van der Waals surface area contributed by atoms with Gasteiger partial charge in [-0.3, -0.25) is 0 Å². The van der Waals surface area contributed by atoms with E-state index in [1.54, 1.807) is 0 Å². The van der Waals surface area contributed by atoms with Crippen LogP contribution in [0, 0.1) is 6.92 Å². The molecule has 2 amide bonds.